The van der Waals surface area contributed by atoms with Crippen LogP contribution < -0.4 is 0 Å². The molecule has 0 heterocycles. The largest absolute Gasteiger partial charge is 0.303 e. The molecule has 2 heteroatoms. The van der Waals surface area contributed by atoms with Crippen LogP contribution in [-0.2, 0) is 9.59 Å². The Morgan fingerprint density at radius 1 is 1.54 bits per heavy atom. The molecule has 1 aliphatic rings. The monoisotopic (exact) mass is 182 g/mol. The van der Waals surface area contributed by atoms with Crippen LogP contribution in [0, 0.1) is 17.3 Å². The van der Waals surface area contributed by atoms with Crippen LogP contribution in [0.25, 0.3) is 0 Å². The van der Waals surface area contributed by atoms with Gasteiger partial charge in [-0.05, 0) is 18.8 Å². The van der Waals surface area contributed by atoms with Gasteiger partial charge in [-0.25, -0.2) is 0 Å². The maximum atomic E-state index is 11.5. The van der Waals surface area contributed by atoms with Crippen molar-refractivity contribution in [3.63, 3.8) is 0 Å². The van der Waals surface area contributed by atoms with Gasteiger partial charge in [0.25, 0.3) is 0 Å². The van der Waals surface area contributed by atoms with Crippen LogP contribution in [0.5, 0.6) is 0 Å². The zero-order valence-corrected chi connectivity index (χ0v) is 8.67. The molecule has 0 spiro atoms. The zero-order chi connectivity index (χ0) is 10.1. The van der Waals surface area contributed by atoms with E-state index in [1.165, 1.54) is 0 Å². The minimum absolute atomic E-state index is 0.125. The molecule has 0 unspecified atom stereocenters. The van der Waals surface area contributed by atoms with E-state index in [1.54, 1.807) is 0 Å². The summed E-state index contributed by atoms with van der Waals surface area (Å²) in [7, 11) is 0. The van der Waals surface area contributed by atoms with E-state index < -0.39 is 0 Å². The molecule has 0 saturated heterocycles. The Kier molecular flexibility index (Phi) is 2.89. The smallest absolute Gasteiger partial charge is 0.136 e. The molecule has 0 N–H and O–H groups in total. The number of ketones is 1. The molecule has 1 rings (SSSR count). The van der Waals surface area contributed by atoms with E-state index in [9.17, 15) is 9.59 Å². The van der Waals surface area contributed by atoms with Crippen LogP contribution in [0.4, 0.5) is 0 Å². The van der Waals surface area contributed by atoms with Gasteiger partial charge < -0.3 is 4.79 Å². The molecule has 0 bridgehead atoms. The molecule has 1 fully saturated rings. The van der Waals surface area contributed by atoms with Gasteiger partial charge >= 0.3 is 0 Å². The fraction of sp³-hybridized carbons (Fsp3) is 0.818. The molecule has 0 aliphatic heterocycles. The lowest BCUT2D eigenvalue weighted by Crippen LogP contribution is -2.23. The summed E-state index contributed by atoms with van der Waals surface area (Å²) in [5.41, 5.74) is -0.334. The molecular weight excluding hydrogens is 164 g/mol. The molecule has 1 aliphatic carbocycles. The van der Waals surface area contributed by atoms with Gasteiger partial charge in [-0.1, -0.05) is 20.8 Å². The van der Waals surface area contributed by atoms with Crippen LogP contribution >= 0.6 is 0 Å². The van der Waals surface area contributed by atoms with Crippen molar-refractivity contribution >= 4 is 12.1 Å². The molecule has 1 saturated carbocycles. The second-order valence-electron chi connectivity index (χ2n) is 4.90. The first kappa shape index (κ1) is 10.4. The molecule has 74 valence electrons. The van der Waals surface area contributed by atoms with E-state index in [0.717, 1.165) is 19.1 Å². The topological polar surface area (TPSA) is 34.1 Å². The minimum Gasteiger partial charge on any atom is -0.303 e. The number of aldehydes is 1. The second-order valence-corrected chi connectivity index (χ2v) is 4.90. The summed E-state index contributed by atoms with van der Waals surface area (Å²) in [5, 5.41) is 0. The number of rotatable bonds is 3. The van der Waals surface area contributed by atoms with Crippen LogP contribution in [0.2, 0.25) is 0 Å². The summed E-state index contributed by atoms with van der Waals surface area (Å²) >= 11 is 0. The first-order valence-electron chi connectivity index (χ1n) is 4.95. The van der Waals surface area contributed by atoms with Crippen LogP contribution in [0.1, 0.15) is 40.0 Å². The maximum Gasteiger partial charge on any atom is 0.136 e. The third kappa shape index (κ3) is 2.39. The number of Topliss-reactive ketones (excluding diaryl/α,β-unsaturated/α-hetero) is 1. The highest BCUT2D eigenvalue weighted by atomic mass is 16.1. The number of hydrogen-bond acceptors (Lipinski definition) is 2. The lowest BCUT2D eigenvalue weighted by atomic mass is 9.80. The van der Waals surface area contributed by atoms with E-state index in [2.05, 4.69) is 6.92 Å². The molecule has 0 radical (unpaired) electrons. The van der Waals surface area contributed by atoms with Gasteiger partial charge in [-0.2, -0.15) is 0 Å². The second kappa shape index (κ2) is 3.60. The van der Waals surface area contributed by atoms with Crippen LogP contribution in [-0.4, -0.2) is 12.1 Å². The lowest BCUT2D eigenvalue weighted by molar-refractivity contribution is -0.123. The average molecular weight is 182 g/mol. The fourth-order valence-corrected chi connectivity index (χ4v) is 2.00. The summed E-state index contributed by atoms with van der Waals surface area (Å²) in [6.07, 6.45) is 3.39. The van der Waals surface area contributed by atoms with E-state index in [1.807, 2.05) is 13.8 Å². The number of carbonyl (C=O) groups is 2. The Hall–Kier alpha value is -0.660. The van der Waals surface area contributed by atoms with Gasteiger partial charge in [0, 0.05) is 17.8 Å². The Morgan fingerprint density at radius 3 is 2.54 bits per heavy atom. The van der Waals surface area contributed by atoms with Crippen molar-refractivity contribution in [3.8, 4) is 0 Å². The first-order valence-corrected chi connectivity index (χ1v) is 4.95. The molecular formula is C11H18O2. The Labute approximate surface area is 79.7 Å². The van der Waals surface area contributed by atoms with E-state index in [-0.39, 0.29) is 11.3 Å². The molecule has 0 aromatic carbocycles. The number of carbonyl (C=O) groups excluding carboxylic acids is 2. The summed E-state index contributed by atoms with van der Waals surface area (Å²) in [6.45, 7) is 5.91. The highest BCUT2D eigenvalue weighted by Gasteiger charge is 2.35. The third-order valence-electron chi connectivity index (χ3n) is 3.01. The quantitative estimate of drug-likeness (QED) is 0.627. The Balaban J connectivity index is 2.62. The summed E-state index contributed by atoms with van der Waals surface area (Å²) < 4.78 is 0. The zero-order valence-electron chi connectivity index (χ0n) is 8.67. The van der Waals surface area contributed by atoms with E-state index in [4.69, 9.17) is 0 Å². The summed E-state index contributed by atoms with van der Waals surface area (Å²) in [4.78, 5) is 22.2. The van der Waals surface area contributed by atoms with Crippen molar-refractivity contribution in [2.75, 3.05) is 0 Å². The molecule has 2 nitrogen and oxygen atoms in total. The molecule has 0 aromatic heterocycles. The van der Waals surface area contributed by atoms with Crippen molar-refractivity contribution in [1.82, 2.24) is 0 Å². The van der Waals surface area contributed by atoms with Crippen LogP contribution in [0.15, 0.2) is 0 Å². The highest BCUT2D eigenvalue weighted by Crippen LogP contribution is 2.36. The summed E-state index contributed by atoms with van der Waals surface area (Å²) in [5.74, 6) is 0.939. The van der Waals surface area contributed by atoms with E-state index in [0.29, 0.717) is 18.1 Å². The predicted octanol–water partition coefficient (Wildman–Crippen LogP) is 2.22. The van der Waals surface area contributed by atoms with E-state index >= 15 is 0 Å². The molecule has 2 atom stereocenters. The fourth-order valence-electron chi connectivity index (χ4n) is 2.00. The van der Waals surface area contributed by atoms with Gasteiger partial charge in [0.1, 0.15) is 12.1 Å². The maximum absolute atomic E-state index is 11.5. The molecule has 0 aromatic rings. The van der Waals surface area contributed by atoms with Gasteiger partial charge in [-0.3, -0.25) is 4.79 Å². The van der Waals surface area contributed by atoms with Crippen molar-refractivity contribution in [2.45, 2.75) is 40.0 Å². The van der Waals surface area contributed by atoms with Gasteiger partial charge in [0.2, 0.25) is 0 Å². The summed E-state index contributed by atoms with van der Waals surface area (Å²) in [6, 6.07) is 0. The van der Waals surface area contributed by atoms with Gasteiger partial charge in [0.05, 0.1) is 0 Å². The minimum atomic E-state index is -0.334. The SMILES string of the molecule is C[C@@H]1CCC(=O)[C@@H]1CC(C)(C)C=O. The molecule has 0 amide bonds. The van der Waals surface area contributed by atoms with Gasteiger partial charge in [-0.15, -0.1) is 0 Å². The van der Waals surface area contributed by atoms with Crippen molar-refractivity contribution in [3.05, 3.63) is 0 Å². The van der Waals surface area contributed by atoms with Crippen molar-refractivity contribution in [2.24, 2.45) is 17.3 Å². The van der Waals surface area contributed by atoms with Crippen molar-refractivity contribution < 1.29 is 9.59 Å². The van der Waals surface area contributed by atoms with Crippen molar-refractivity contribution in [1.29, 1.82) is 0 Å². The highest BCUT2D eigenvalue weighted by molar-refractivity contribution is 5.83. The molecule has 13 heavy (non-hydrogen) atoms. The standard InChI is InChI=1S/C11H18O2/c1-8-4-5-10(13)9(8)6-11(2,3)7-12/h7-9H,4-6H2,1-3H3/t8-,9-/m1/s1. The van der Waals surface area contributed by atoms with Crippen LogP contribution in [0.3, 0.4) is 0 Å². The predicted molar refractivity (Wildman–Crippen MR) is 51.4 cm³/mol. The normalized spacial score (nSPS) is 29.3. The average Bonchev–Trinajstić information content (AvgIpc) is 2.36. The first-order chi connectivity index (χ1) is 5.96. The van der Waals surface area contributed by atoms with Gasteiger partial charge in [0.15, 0.2) is 0 Å². The Morgan fingerprint density at radius 2 is 2.15 bits per heavy atom. The number of hydrogen-bond donors (Lipinski definition) is 0. The third-order valence-corrected chi connectivity index (χ3v) is 3.01. The lowest BCUT2D eigenvalue weighted by Gasteiger charge is -2.23. The Bertz CT molecular complexity index is 218.